The lowest BCUT2D eigenvalue weighted by molar-refractivity contribution is 0.170. The van der Waals surface area contributed by atoms with Crippen LogP contribution in [0.1, 0.15) is 32.6 Å². The molecule has 0 aliphatic carbocycles. The van der Waals surface area contributed by atoms with Crippen molar-refractivity contribution in [2.75, 3.05) is 6.54 Å². The average Bonchev–Trinajstić information content (AvgIpc) is 2.04. The van der Waals surface area contributed by atoms with Crippen LogP contribution in [0.25, 0.3) is 0 Å². The van der Waals surface area contributed by atoms with Crippen LogP contribution in [-0.4, -0.2) is 17.8 Å². The monoisotopic (exact) mass is 157 g/mol. The fourth-order valence-corrected chi connectivity index (χ4v) is 0.874. The Bertz CT molecular complexity index is 102. The summed E-state index contributed by atoms with van der Waals surface area (Å²) in [4.78, 5) is 0. The number of hydrogen-bond donors (Lipinski definition) is 2. The second kappa shape index (κ2) is 7.76. The maximum atomic E-state index is 9.07. The number of unbranched alkanes of at least 4 members (excludes halogenated alkanes) is 1. The second-order valence-corrected chi connectivity index (χ2v) is 2.70. The standard InChI is InChI=1S/C9H19NO/c1-2-3-4-5-6-7-9(11)8-10/h3-4,9,11H,2,5-8,10H2,1H3/b4-3+. The van der Waals surface area contributed by atoms with Gasteiger partial charge in [-0.1, -0.05) is 19.1 Å². The van der Waals surface area contributed by atoms with Crippen molar-refractivity contribution in [3.8, 4) is 0 Å². The van der Waals surface area contributed by atoms with E-state index < -0.39 is 0 Å². The molecule has 0 aliphatic heterocycles. The molecule has 11 heavy (non-hydrogen) atoms. The largest absolute Gasteiger partial charge is 0.392 e. The molecule has 0 rings (SSSR count). The fourth-order valence-electron chi connectivity index (χ4n) is 0.874. The highest BCUT2D eigenvalue weighted by atomic mass is 16.3. The van der Waals surface area contributed by atoms with Gasteiger partial charge in [0.05, 0.1) is 6.10 Å². The fraction of sp³-hybridized carbons (Fsp3) is 0.778. The van der Waals surface area contributed by atoms with Crippen molar-refractivity contribution in [2.24, 2.45) is 5.73 Å². The van der Waals surface area contributed by atoms with E-state index in [-0.39, 0.29) is 6.10 Å². The van der Waals surface area contributed by atoms with Gasteiger partial charge in [-0.2, -0.15) is 0 Å². The molecular formula is C9H19NO. The van der Waals surface area contributed by atoms with Crippen LogP contribution in [0.2, 0.25) is 0 Å². The van der Waals surface area contributed by atoms with Gasteiger partial charge >= 0.3 is 0 Å². The van der Waals surface area contributed by atoms with Crippen molar-refractivity contribution in [2.45, 2.75) is 38.7 Å². The third kappa shape index (κ3) is 7.56. The summed E-state index contributed by atoms with van der Waals surface area (Å²) in [6.45, 7) is 2.50. The van der Waals surface area contributed by atoms with E-state index in [1.165, 1.54) is 0 Å². The Morgan fingerprint density at radius 2 is 2.18 bits per heavy atom. The first kappa shape index (κ1) is 10.7. The van der Waals surface area contributed by atoms with Crippen LogP contribution < -0.4 is 5.73 Å². The molecule has 0 aromatic heterocycles. The number of aliphatic hydroxyl groups is 1. The molecule has 0 fully saturated rings. The minimum absolute atomic E-state index is 0.301. The molecule has 0 aliphatic rings. The van der Waals surface area contributed by atoms with Crippen molar-refractivity contribution in [3.05, 3.63) is 12.2 Å². The van der Waals surface area contributed by atoms with Crippen molar-refractivity contribution in [3.63, 3.8) is 0 Å². The summed E-state index contributed by atoms with van der Waals surface area (Å²) in [6.07, 6.45) is 8.02. The molecule has 0 saturated heterocycles. The number of allylic oxidation sites excluding steroid dienone is 2. The molecular weight excluding hydrogens is 138 g/mol. The number of nitrogens with two attached hydrogens (primary N) is 1. The zero-order chi connectivity index (χ0) is 8.53. The molecule has 1 atom stereocenters. The van der Waals surface area contributed by atoms with Crippen molar-refractivity contribution < 1.29 is 5.11 Å². The van der Waals surface area contributed by atoms with Gasteiger partial charge in [-0.3, -0.25) is 0 Å². The molecule has 2 nitrogen and oxygen atoms in total. The number of rotatable bonds is 6. The summed E-state index contributed by atoms with van der Waals surface area (Å²) in [6, 6.07) is 0. The number of hydrogen-bond acceptors (Lipinski definition) is 2. The first-order valence-corrected chi connectivity index (χ1v) is 4.34. The molecule has 0 aromatic carbocycles. The molecule has 0 aromatic rings. The lowest BCUT2D eigenvalue weighted by atomic mass is 10.1. The SMILES string of the molecule is CC/C=C/CCCC(O)CN. The molecule has 1 unspecified atom stereocenters. The zero-order valence-corrected chi connectivity index (χ0v) is 7.29. The Hall–Kier alpha value is -0.340. The maximum absolute atomic E-state index is 9.07. The van der Waals surface area contributed by atoms with Crippen LogP contribution in [0.4, 0.5) is 0 Å². The minimum atomic E-state index is -0.301. The van der Waals surface area contributed by atoms with Crippen LogP contribution in [0, 0.1) is 0 Å². The van der Waals surface area contributed by atoms with Crippen LogP contribution in [0.3, 0.4) is 0 Å². The van der Waals surface area contributed by atoms with Crippen LogP contribution >= 0.6 is 0 Å². The molecule has 0 radical (unpaired) electrons. The van der Waals surface area contributed by atoms with Gasteiger partial charge in [0.1, 0.15) is 0 Å². The van der Waals surface area contributed by atoms with E-state index in [0.717, 1.165) is 25.7 Å². The van der Waals surface area contributed by atoms with Gasteiger partial charge in [0.25, 0.3) is 0 Å². The summed E-state index contributed by atoms with van der Waals surface area (Å²) in [5, 5.41) is 9.07. The topological polar surface area (TPSA) is 46.2 Å². The average molecular weight is 157 g/mol. The molecule has 2 heteroatoms. The molecule has 0 saturated carbocycles. The summed E-state index contributed by atoms with van der Waals surface area (Å²) in [5.74, 6) is 0. The van der Waals surface area contributed by atoms with Crippen molar-refractivity contribution >= 4 is 0 Å². The summed E-state index contributed by atoms with van der Waals surface area (Å²) < 4.78 is 0. The van der Waals surface area contributed by atoms with Gasteiger partial charge in [0.2, 0.25) is 0 Å². The van der Waals surface area contributed by atoms with Gasteiger partial charge in [-0.15, -0.1) is 0 Å². The summed E-state index contributed by atoms with van der Waals surface area (Å²) >= 11 is 0. The highest BCUT2D eigenvalue weighted by Gasteiger charge is 1.97. The van der Waals surface area contributed by atoms with E-state index in [9.17, 15) is 0 Å². The van der Waals surface area contributed by atoms with Crippen LogP contribution in [0.5, 0.6) is 0 Å². The van der Waals surface area contributed by atoms with Crippen molar-refractivity contribution in [1.29, 1.82) is 0 Å². The third-order valence-electron chi connectivity index (χ3n) is 1.58. The Labute approximate surface area is 69.1 Å². The highest BCUT2D eigenvalue weighted by Crippen LogP contribution is 2.00. The first-order chi connectivity index (χ1) is 5.31. The smallest absolute Gasteiger partial charge is 0.0662 e. The third-order valence-corrected chi connectivity index (χ3v) is 1.58. The van der Waals surface area contributed by atoms with E-state index in [1.807, 2.05) is 0 Å². The van der Waals surface area contributed by atoms with Crippen LogP contribution in [-0.2, 0) is 0 Å². The zero-order valence-electron chi connectivity index (χ0n) is 7.29. The summed E-state index contributed by atoms with van der Waals surface area (Å²) in [7, 11) is 0. The lowest BCUT2D eigenvalue weighted by Crippen LogP contribution is -2.18. The highest BCUT2D eigenvalue weighted by molar-refractivity contribution is 4.80. The maximum Gasteiger partial charge on any atom is 0.0662 e. The van der Waals surface area contributed by atoms with Gasteiger partial charge in [0.15, 0.2) is 0 Å². The van der Waals surface area contributed by atoms with E-state index >= 15 is 0 Å². The predicted octanol–water partition coefficient (Wildman–Crippen LogP) is 1.44. The van der Waals surface area contributed by atoms with E-state index in [0.29, 0.717) is 6.54 Å². The predicted molar refractivity (Wildman–Crippen MR) is 48.3 cm³/mol. The Morgan fingerprint density at radius 1 is 1.45 bits per heavy atom. The van der Waals surface area contributed by atoms with Gasteiger partial charge < -0.3 is 10.8 Å². The molecule has 0 amide bonds. The van der Waals surface area contributed by atoms with Gasteiger partial charge in [-0.05, 0) is 25.7 Å². The van der Waals surface area contributed by atoms with E-state index in [4.69, 9.17) is 10.8 Å². The molecule has 3 N–H and O–H groups in total. The minimum Gasteiger partial charge on any atom is -0.392 e. The van der Waals surface area contributed by atoms with Crippen LogP contribution in [0.15, 0.2) is 12.2 Å². The van der Waals surface area contributed by atoms with Gasteiger partial charge in [-0.25, -0.2) is 0 Å². The van der Waals surface area contributed by atoms with E-state index in [2.05, 4.69) is 19.1 Å². The molecule has 0 heterocycles. The normalized spacial score (nSPS) is 14.1. The quantitative estimate of drug-likeness (QED) is 0.452. The first-order valence-electron chi connectivity index (χ1n) is 4.34. The van der Waals surface area contributed by atoms with Crippen molar-refractivity contribution in [1.82, 2.24) is 0 Å². The Balaban J connectivity index is 3.07. The molecule has 0 bridgehead atoms. The summed E-state index contributed by atoms with van der Waals surface area (Å²) in [5.41, 5.74) is 5.24. The second-order valence-electron chi connectivity index (χ2n) is 2.70. The number of aliphatic hydroxyl groups excluding tert-OH is 1. The molecule has 0 spiro atoms. The van der Waals surface area contributed by atoms with E-state index in [1.54, 1.807) is 0 Å². The van der Waals surface area contributed by atoms with Gasteiger partial charge in [0, 0.05) is 6.54 Å². The Morgan fingerprint density at radius 3 is 2.73 bits per heavy atom. The Kier molecular flexibility index (Phi) is 7.52. The molecule has 66 valence electrons. The lowest BCUT2D eigenvalue weighted by Gasteiger charge is -2.04.